The molecule has 1 amide bonds. The van der Waals surface area contributed by atoms with Crippen molar-refractivity contribution < 1.29 is 9.32 Å². The molecular formula is C19H20ClN5O2. The second-order valence-electron chi connectivity index (χ2n) is 6.80. The topological polar surface area (TPSA) is 84.2 Å². The molecule has 1 unspecified atom stereocenters. The second kappa shape index (κ2) is 7.15. The summed E-state index contributed by atoms with van der Waals surface area (Å²) >= 11 is 6.16. The van der Waals surface area contributed by atoms with Crippen molar-refractivity contribution in [1.29, 1.82) is 0 Å². The molecule has 1 aromatic carbocycles. The quantitative estimate of drug-likeness (QED) is 0.739. The highest BCUT2D eigenvalue weighted by atomic mass is 35.5. The van der Waals surface area contributed by atoms with Crippen LogP contribution in [0.4, 0.5) is 11.5 Å². The third-order valence-corrected chi connectivity index (χ3v) is 5.15. The van der Waals surface area contributed by atoms with Crippen LogP contribution >= 0.6 is 11.6 Å². The van der Waals surface area contributed by atoms with Gasteiger partial charge in [-0.15, -0.1) is 0 Å². The van der Waals surface area contributed by atoms with Crippen molar-refractivity contribution in [2.45, 2.75) is 26.7 Å². The van der Waals surface area contributed by atoms with Gasteiger partial charge in [-0.3, -0.25) is 4.79 Å². The first-order valence-corrected chi connectivity index (χ1v) is 9.31. The number of carbonyl (C=O) groups is 1. The highest BCUT2D eigenvalue weighted by Crippen LogP contribution is 2.31. The second-order valence-corrected chi connectivity index (χ2v) is 7.20. The number of aromatic nitrogens is 3. The van der Waals surface area contributed by atoms with E-state index in [2.05, 4.69) is 25.3 Å². The van der Waals surface area contributed by atoms with Gasteiger partial charge in [0.05, 0.1) is 22.3 Å². The van der Waals surface area contributed by atoms with E-state index in [0.29, 0.717) is 28.8 Å². The average molecular weight is 386 g/mol. The van der Waals surface area contributed by atoms with Crippen LogP contribution in [-0.4, -0.2) is 34.1 Å². The van der Waals surface area contributed by atoms with Crippen LogP contribution in [0.3, 0.4) is 0 Å². The number of piperidine rings is 1. The number of carbonyl (C=O) groups excluding carboxylic acids is 1. The summed E-state index contributed by atoms with van der Waals surface area (Å²) in [6, 6.07) is 7.26. The normalized spacial score (nSPS) is 17.3. The summed E-state index contributed by atoms with van der Waals surface area (Å²) in [6.45, 7) is 5.10. The van der Waals surface area contributed by atoms with Crippen molar-refractivity contribution in [3.63, 3.8) is 0 Å². The highest BCUT2D eigenvalue weighted by molar-refractivity contribution is 6.33. The lowest BCUT2D eigenvalue weighted by molar-refractivity contribution is -0.120. The number of nitrogens with one attached hydrogen (secondary N) is 1. The number of rotatable bonds is 3. The Balaban J connectivity index is 1.58. The minimum atomic E-state index is -0.152. The Morgan fingerprint density at radius 1 is 1.30 bits per heavy atom. The Labute approximate surface area is 161 Å². The third-order valence-electron chi connectivity index (χ3n) is 4.82. The molecule has 1 aliphatic heterocycles. The fourth-order valence-electron chi connectivity index (χ4n) is 3.48. The van der Waals surface area contributed by atoms with Gasteiger partial charge in [-0.25, -0.2) is 4.98 Å². The van der Waals surface area contributed by atoms with E-state index in [4.69, 9.17) is 16.1 Å². The SMILES string of the molecule is Cc1nc(N2CCCC(C(=O)Nc3ccccc3Cl)C2)c2c(C)noc2n1. The number of aryl methyl sites for hydroxylation is 2. The van der Waals surface area contributed by atoms with E-state index in [1.165, 1.54) is 0 Å². The van der Waals surface area contributed by atoms with Crippen LogP contribution in [-0.2, 0) is 4.79 Å². The van der Waals surface area contributed by atoms with Crippen LogP contribution in [0.15, 0.2) is 28.8 Å². The smallest absolute Gasteiger partial charge is 0.263 e. The molecule has 1 N–H and O–H groups in total. The summed E-state index contributed by atoms with van der Waals surface area (Å²) in [5.41, 5.74) is 1.87. The molecule has 27 heavy (non-hydrogen) atoms. The molecule has 1 atom stereocenters. The molecular weight excluding hydrogens is 366 g/mol. The first-order chi connectivity index (χ1) is 13.0. The lowest BCUT2D eigenvalue weighted by Gasteiger charge is -2.33. The first kappa shape index (κ1) is 17.7. The van der Waals surface area contributed by atoms with Gasteiger partial charge in [-0.05, 0) is 38.8 Å². The molecule has 0 saturated carbocycles. The number of fused-ring (bicyclic) bond motifs is 1. The molecule has 1 aliphatic rings. The van der Waals surface area contributed by atoms with Crippen LogP contribution in [0.5, 0.6) is 0 Å². The van der Waals surface area contributed by atoms with E-state index in [9.17, 15) is 4.79 Å². The first-order valence-electron chi connectivity index (χ1n) is 8.94. The lowest BCUT2D eigenvalue weighted by atomic mass is 9.96. The molecule has 3 heterocycles. The minimum Gasteiger partial charge on any atom is -0.355 e. The number of nitrogens with zero attached hydrogens (tertiary/aromatic N) is 4. The van der Waals surface area contributed by atoms with Gasteiger partial charge in [-0.2, -0.15) is 4.98 Å². The van der Waals surface area contributed by atoms with Crippen molar-refractivity contribution in [3.8, 4) is 0 Å². The Morgan fingerprint density at radius 2 is 2.11 bits per heavy atom. The minimum absolute atomic E-state index is 0.0307. The molecule has 0 spiro atoms. The van der Waals surface area contributed by atoms with Gasteiger partial charge >= 0.3 is 0 Å². The Kier molecular flexibility index (Phi) is 4.70. The predicted molar refractivity (Wildman–Crippen MR) is 104 cm³/mol. The maximum atomic E-state index is 12.8. The van der Waals surface area contributed by atoms with Gasteiger partial charge in [-0.1, -0.05) is 28.9 Å². The van der Waals surface area contributed by atoms with E-state index >= 15 is 0 Å². The molecule has 2 aromatic heterocycles. The van der Waals surface area contributed by atoms with Gasteiger partial charge in [0, 0.05) is 13.1 Å². The van der Waals surface area contributed by atoms with Crippen molar-refractivity contribution in [1.82, 2.24) is 15.1 Å². The summed E-state index contributed by atoms with van der Waals surface area (Å²) in [6.07, 6.45) is 1.72. The molecule has 1 saturated heterocycles. The molecule has 3 aromatic rings. The molecule has 140 valence electrons. The van der Waals surface area contributed by atoms with Crippen molar-refractivity contribution in [3.05, 3.63) is 40.8 Å². The average Bonchev–Trinajstić information content (AvgIpc) is 3.03. The highest BCUT2D eigenvalue weighted by Gasteiger charge is 2.29. The number of benzene rings is 1. The van der Waals surface area contributed by atoms with E-state index in [1.807, 2.05) is 26.0 Å². The molecule has 8 heteroatoms. The molecule has 0 aliphatic carbocycles. The van der Waals surface area contributed by atoms with E-state index in [1.54, 1.807) is 12.1 Å². The van der Waals surface area contributed by atoms with Crippen LogP contribution < -0.4 is 10.2 Å². The van der Waals surface area contributed by atoms with Gasteiger partial charge < -0.3 is 14.7 Å². The van der Waals surface area contributed by atoms with Crippen LogP contribution in [0, 0.1) is 19.8 Å². The summed E-state index contributed by atoms with van der Waals surface area (Å²) < 4.78 is 5.31. The van der Waals surface area contributed by atoms with Gasteiger partial charge in [0.2, 0.25) is 5.91 Å². The fraction of sp³-hybridized carbons (Fsp3) is 0.368. The standard InChI is InChI=1S/C19H20ClN5O2/c1-11-16-17(21-12(2)22-19(16)27-24-11)25-9-5-6-13(10-25)18(26)23-15-8-4-3-7-14(15)20/h3-4,7-8,13H,5-6,9-10H2,1-2H3,(H,23,26). The van der Waals surface area contributed by atoms with Crippen molar-refractivity contribution in [2.24, 2.45) is 5.92 Å². The van der Waals surface area contributed by atoms with Crippen molar-refractivity contribution in [2.75, 3.05) is 23.3 Å². The number of para-hydroxylation sites is 1. The molecule has 7 nitrogen and oxygen atoms in total. The number of anilines is 2. The molecule has 4 rings (SSSR count). The Hall–Kier alpha value is -2.67. The van der Waals surface area contributed by atoms with E-state index in [0.717, 1.165) is 36.3 Å². The van der Waals surface area contributed by atoms with Gasteiger partial charge in [0.25, 0.3) is 5.71 Å². The van der Waals surface area contributed by atoms with Gasteiger partial charge in [0.15, 0.2) is 0 Å². The summed E-state index contributed by atoms with van der Waals surface area (Å²) in [7, 11) is 0. The zero-order valence-corrected chi connectivity index (χ0v) is 16.0. The maximum Gasteiger partial charge on any atom is 0.263 e. The number of amides is 1. The van der Waals surface area contributed by atoms with Crippen LogP contribution in [0.25, 0.3) is 11.1 Å². The number of hydrogen-bond acceptors (Lipinski definition) is 6. The summed E-state index contributed by atoms with van der Waals surface area (Å²) in [4.78, 5) is 23.8. The van der Waals surface area contributed by atoms with E-state index in [-0.39, 0.29) is 11.8 Å². The fourth-order valence-corrected chi connectivity index (χ4v) is 3.67. The van der Waals surface area contributed by atoms with Gasteiger partial charge in [0.1, 0.15) is 17.0 Å². The molecule has 0 bridgehead atoms. The summed E-state index contributed by atoms with van der Waals surface area (Å²) in [5, 5.41) is 8.31. The summed E-state index contributed by atoms with van der Waals surface area (Å²) in [5.74, 6) is 1.22. The number of halogens is 1. The number of hydrogen-bond donors (Lipinski definition) is 1. The van der Waals surface area contributed by atoms with Crippen molar-refractivity contribution >= 4 is 40.1 Å². The molecule has 1 fully saturated rings. The van der Waals surface area contributed by atoms with E-state index < -0.39 is 0 Å². The van der Waals surface area contributed by atoms with Crippen LogP contribution in [0.2, 0.25) is 5.02 Å². The largest absolute Gasteiger partial charge is 0.355 e. The monoisotopic (exact) mass is 385 g/mol. The lowest BCUT2D eigenvalue weighted by Crippen LogP contribution is -2.41. The maximum absolute atomic E-state index is 12.8. The Bertz CT molecular complexity index is 1000. The van der Waals surface area contributed by atoms with Crippen LogP contribution in [0.1, 0.15) is 24.4 Å². The Morgan fingerprint density at radius 3 is 2.93 bits per heavy atom. The predicted octanol–water partition coefficient (Wildman–Crippen LogP) is 3.74. The third kappa shape index (κ3) is 3.47. The zero-order chi connectivity index (χ0) is 19.0. The zero-order valence-electron chi connectivity index (χ0n) is 15.2. The molecule has 0 radical (unpaired) electrons.